The third-order valence-electron chi connectivity index (χ3n) is 2.75. The molecule has 0 amide bonds. The molecule has 0 saturated heterocycles. The number of unbranched alkanes of at least 4 members (excludes halogenated alkanes) is 1. The molecule has 0 spiro atoms. The largest absolute Gasteiger partial charge is 0.398 e. The van der Waals surface area contributed by atoms with E-state index in [2.05, 4.69) is 11.9 Å². The fraction of sp³-hybridized carbons (Fsp3) is 0.357. The second-order valence-electron chi connectivity index (χ2n) is 4.15. The van der Waals surface area contributed by atoms with E-state index in [4.69, 9.17) is 10.5 Å². The highest BCUT2D eigenvalue weighted by atomic mass is 16.5. The molecule has 2 aromatic rings. The Morgan fingerprint density at radius 2 is 2.24 bits per heavy atom. The van der Waals surface area contributed by atoms with Gasteiger partial charge in [-0.2, -0.15) is 0 Å². The molecule has 0 aliphatic carbocycles. The van der Waals surface area contributed by atoms with Gasteiger partial charge in [-0.1, -0.05) is 25.5 Å². The van der Waals surface area contributed by atoms with Crippen LogP contribution in [0.1, 0.15) is 25.5 Å². The molecule has 0 aliphatic rings. The average molecular weight is 230 g/mol. The Bertz CT molecular complexity index is 497. The van der Waals surface area contributed by atoms with Crippen molar-refractivity contribution >= 4 is 16.5 Å². The van der Waals surface area contributed by atoms with E-state index in [-0.39, 0.29) is 0 Å². The number of hydrogen-bond acceptors (Lipinski definition) is 3. The zero-order valence-corrected chi connectivity index (χ0v) is 10.1. The number of nitrogens with two attached hydrogens (primary N) is 1. The van der Waals surface area contributed by atoms with Crippen LogP contribution in [0.3, 0.4) is 0 Å². The molecule has 90 valence electrons. The van der Waals surface area contributed by atoms with Crippen molar-refractivity contribution in [2.45, 2.75) is 26.4 Å². The quantitative estimate of drug-likeness (QED) is 0.634. The van der Waals surface area contributed by atoms with E-state index in [0.717, 1.165) is 41.6 Å². The number of ether oxygens (including phenoxy) is 1. The van der Waals surface area contributed by atoms with Gasteiger partial charge < -0.3 is 10.5 Å². The Hall–Kier alpha value is -1.61. The summed E-state index contributed by atoms with van der Waals surface area (Å²) >= 11 is 0. The Labute approximate surface area is 102 Å². The fourth-order valence-electron chi connectivity index (χ4n) is 1.74. The first kappa shape index (κ1) is 11.9. The molecule has 0 radical (unpaired) electrons. The second kappa shape index (κ2) is 5.64. The maximum absolute atomic E-state index is 5.93. The van der Waals surface area contributed by atoms with Crippen LogP contribution in [0, 0.1) is 0 Å². The normalized spacial score (nSPS) is 10.9. The molecule has 1 aromatic carbocycles. The number of pyridine rings is 1. The molecule has 2 rings (SSSR count). The summed E-state index contributed by atoms with van der Waals surface area (Å²) in [6.45, 7) is 3.50. The van der Waals surface area contributed by atoms with Crippen LogP contribution in [0.4, 0.5) is 5.69 Å². The van der Waals surface area contributed by atoms with Gasteiger partial charge in [-0.25, -0.2) is 0 Å². The number of nitrogens with zero attached hydrogens (tertiary/aromatic N) is 1. The molecule has 0 fully saturated rings. The van der Waals surface area contributed by atoms with Crippen molar-refractivity contribution in [1.82, 2.24) is 4.98 Å². The van der Waals surface area contributed by atoms with Crippen LogP contribution in [0.2, 0.25) is 0 Å². The van der Waals surface area contributed by atoms with E-state index < -0.39 is 0 Å². The van der Waals surface area contributed by atoms with E-state index in [1.54, 1.807) is 0 Å². The molecular formula is C14H18N2O. The van der Waals surface area contributed by atoms with E-state index in [9.17, 15) is 0 Å². The predicted octanol–water partition coefficient (Wildman–Crippen LogP) is 3.13. The first-order valence-electron chi connectivity index (χ1n) is 6.02. The average Bonchev–Trinajstić information content (AvgIpc) is 2.36. The lowest BCUT2D eigenvalue weighted by Gasteiger charge is -2.06. The third kappa shape index (κ3) is 2.94. The number of nitrogen functional groups attached to an aromatic ring is 1. The van der Waals surface area contributed by atoms with Gasteiger partial charge in [0.2, 0.25) is 0 Å². The topological polar surface area (TPSA) is 48.1 Å². The molecule has 0 unspecified atom stereocenters. The van der Waals surface area contributed by atoms with Gasteiger partial charge in [0, 0.05) is 29.3 Å². The Morgan fingerprint density at radius 3 is 3.06 bits per heavy atom. The van der Waals surface area contributed by atoms with Gasteiger partial charge >= 0.3 is 0 Å². The van der Waals surface area contributed by atoms with Crippen LogP contribution >= 0.6 is 0 Å². The number of hydrogen-bond donors (Lipinski definition) is 1. The van der Waals surface area contributed by atoms with Crippen molar-refractivity contribution in [3.8, 4) is 0 Å². The SMILES string of the molecule is CCCCOCc1cc2c(N)cccc2cn1. The number of rotatable bonds is 5. The molecule has 0 atom stereocenters. The Balaban J connectivity index is 2.11. The maximum atomic E-state index is 5.93. The molecule has 0 aliphatic heterocycles. The summed E-state index contributed by atoms with van der Waals surface area (Å²) < 4.78 is 5.55. The summed E-state index contributed by atoms with van der Waals surface area (Å²) in [7, 11) is 0. The number of benzene rings is 1. The van der Waals surface area contributed by atoms with Crippen molar-refractivity contribution < 1.29 is 4.74 Å². The van der Waals surface area contributed by atoms with Crippen LogP contribution in [-0.4, -0.2) is 11.6 Å². The smallest absolute Gasteiger partial charge is 0.0888 e. The van der Waals surface area contributed by atoms with Gasteiger partial charge in [0.15, 0.2) is 0 Å². The molecule has 0 bridgehead atoms. The molecule has 3 nitrogen and oxygen atoms in total. The van der Waals surface area contributed by atoms with Crippen molar-refractivity contribution in [3.63, 3.8) is 0 Å². The minimum atomic E-state index is 0.560. The van der Waals surface area contributed by atoms with Crippen LogP contribution in [0.15, 0.2) is 30.5 Å². The van der Waals surface area contributed by atoms with E-state index in [0.29, 0.717) is 6.61 Å². The van der Waals surface area contributed by atoms with Crippen LogP contribution in [-0.2, 0) is 11.3 Å². The number of anilines is 1. The zero-order valence-electron chi connectivity index (χ0n) is 10.1. The van der Waals surface area contributed by atoms with Gasteiger partial charge in [-0.05, 0) is 18.6 Å². The molecule has 3 heteroatoms. The van der Waals surface area contributed by atoms with Gasteiger partial charge in [-0.15, -0.1) is 0 Å². The van der Waals surface area contributed by atoms with Gasteiger partial charge in [0.05, 0.1) is 12.3 Å². The molecule has 1 heterocycles. The number of fused-ring (bicyclic) bond motifs is 1. The molecule has 2 N–H and O–H groups in total. The van der Waals surface area contributed by atoms with E-state index in [1.807, 2.05) is 30.5 Å². The minimum Gasteiger partial charge on any atom is -0.398 e. The van der Waals surface area contributed by atoms with E-state index >= 15 is 0 Å². The summed E-state index contributed by atoms with van der Waals surface area (Å²) in [5.41, 5.74) is 7.66. The van der Waals surface area contributed by atoms with Crippen molar-refractivity contribution in [3.05, 3.63) is 36.2 Å². The Morgan fingerprint density at radius 1 is 1.35 bits per heavy atom. The van der Waals surface area contributed by atoms with Crippen LogP contribution in [0.25, 0.3) is 10.8 Å². The van der Waals surface area contributed by atoms with Gasteiger partial charge in [0.25, 0.3) is 0 Å². The minimum absolute atomic E-state index is 0.560. The summed E-state index contributed by atoms with van der Waals surface area (Å²) in [5.74, 6) is 0. The Kier molecular flexibility index (Phi) is 3.94. The zero-order chi connectivity index (χ0) is 12.1. The summed E-state index contributed by atoms with van der Waals surface area (Å²) in [4.78, 5) is 4.37. The maximum Gasteiger partial charge on any atom is 0.0888 e. The first-order valence-corrected chi connectivity index (χ1v) is 6.02. The van der Waals surface area contributed by atoms with Gasteiger partial charge in [0.1, 0.15) is 0 Å². The van der Waals surface area contributed by atoms with Crippen molar-refractivity contribution in [2.24, 2.45) is 0 Å². The van der Waals surface area contributed by atoms with Crippen LogP contribution in [0.5, 0.6) is 0 Å². The second-order valence-corrected chi connectivity index (χ2v) is 4.15. The highest BCUT2D eigenvalue weighted by Crippen LogP contribution is 2.20. The lowest BCUT2D eigenvalue weighted by atomic mass is 10.1. The first-order chi connectivity index (χ1) is 8.31. The summed E-state index contributed by atoms with van der Waals surface area (Å²) in [5, 5.41) is 2.12. The standard InChI is InChI=1S/C14H18N2O/c1-2-3-7-17-10-12-8-13-11(9-16-12)5-4-6-14(13)15/h4-6,8-9H,2-3,7,10,15H2,1H3. The molecule has 1 aromatic heterocycles. The summed E-state index contributed by atoms with van der Waals surface area (Å²) in [6, 6.07) is 7.87. The van der Waals surface area contributed by atoms with Gasteiger partial charge in [-0.3, -0.25) is 4.98 Å². The van der Waals surface area contributed by atoms with E-state index in [1.165, 1.54) is 0 Å². The third-order valence-corrected chi connectivity index (χ3v) is 2.75. The highest BCUT2D eigenvalue weighted by molar-refractivity contribution is 5.92. The monoisotopic (exact) mass is 230 g/mol. The number of aromatic nitrogens is 1. The molecule has 17 heavy (non-hydrogen) atoms. The molecule has 0 saturated carbocycles. The predicted molar refractivity (Wildman–Crippen MR) is 70.7 cm³/mol. The molecular weight excluding hydrogens is 212 g/mol. The lowest BCUT2D eigenvalue weighted by Crippen LogP contribution is -1.98. The summed E-state index contributed by atoms with van der Waals surface area (Å²) in [6.07, 6.45) is 4.10. The fourth-order valence-corrected chi connectivity index (χ4v) is 1.74. The van der Waals surface area contributed by atoms with Crippen molar-refractivity contribution in [2.75, 3.05) is 12.3 Å². The lowest BCUT2D eigenvalue weighted by molar-refractivity contribution is 0.115. The highest BCUT2D eigenvalue weighted by Gasteiger charge is 2.01. The van der Waals surface area contributed by atoms with Crippen LogP contribution < -0.4 is 5.73 Å². The van der Waals surface area contributed by atoms with Crippen molar-refractivity contribution in [1.29, 1.82) is 0 Å².